The molecule has 9 heteroatoms. The number of rotatable bonds is 3. The normalized spacial score (nSPS) is 11.7. The zero-order valence-corrected chi connectivity index (χ0v) is 12.4. The van der Waals surface area contributed by atoms with Crippen LogP contribution in [0.1, 0.15) is 11.1 Å². The molecule has 0 bridgehead atoms. The molecule has 0 aliphatic heterocycles. The van der Waals surface area contributed by atoms with E-state index in [2.05, 4.69) is 10.2 Å². The van der Waals surface area contributed by atoms with Crippen LogP contribution in [0.15, 0.2) is 36.4 Å². The Morgan fingerprint density at radius 3 is 2.36 bits per heavy atom. The van der Waals surface area contributed by atoms with Gasteiger partial charge in [-0.2, -0.15) is 18.3 Å². The highest BCUT2D eigenvalue weighted by Gasteiger charge is 2.39. The molecule has 2 aromatic carbocycles. The number of H-pyrrole nitrogens is 1. The summed E-state index contributed by atoms with van der Waals surface area (Å²) in [5, 5.41) is 8.09. The standard InChI is InChI=1S/C16H10F5N3O/c17-10-4-9(5-11(18)7-10)3-8-1-2-13-12(6-8)14(24-23-13)22-15(25)16(19,20)21/h1-2,4-7H,3H2,(H2,22,23,24,25). The fraction of sp³-hybridized carbons (Fsp3) is 0.125. The van der Waals surface area contributed by atoms with Gasteiger partial charge in [0, 0.05) is 11.5 Å². The summed E-state index contributed by atoms with van der Waals surface area (Å²) in [6.45, 7) is 0. The first kappa shape index (κ1) is 16.9. The van der Waals surface area contributed by atoms with E-state index in [9.17, 15) is 26.7 Å². The second-order valence-electron chi connectivity index (χ2n) is 5.36. The third-order valence-corrected chi connectivity index (χ3v) is 3.45. The van der Waals surface area contributed by atoms with E-state index in [1.165, 1.54) is 6.07 Å². The summed E-state index contributed by atoms with van der Waals surface area (Å²) in [7, 11) is 0. The molecule has 0 aliphatic rings. The Morgan fingerprint density at radius 2 is 1.72 bits per heavy atom. The minimum Gasteiger partial charge on any atom is -0.301 e. The van der Waals surface area contributed by atoms with Crippen LogP contribution in [0.2, 0.25) is 0 Å². The maximum Gasteiger partial charge on any atom is 0.471 e. The Bertz CT molecular complexity index is 928. The molecule has 3 aromatic rings. The molecule has 2 N–H and O–H groups in total. The van der Waals surface area contributed by atoms with Gasteiger partial charge in [-0.05, 0) is 41.8 Å². The van der Waals surface area contributed by atoms with Crippen molar-refractivity contribution in [3.63, 3.8) is 0 Å². The van der Waals surface area contributed by atoms with Crippen LogP contribution in [0, 0.1) is 11.6 Å². The number of anilines is 1. The Morgan fingerprint density at radius 1 is 1.04 bits per heavy atom. The Labute approximate surface area is 137 Å². The van der Waals surface area contributed by atoms with Crippen molar-refractivity contribution in [2.24, 2.45) is 0 Å². The molecule has 1 heterocycles. The van der Waals surface area contributed by atoms with Crippen molar-refractivity contribution in [1.29, 1.82) is 0 Å². The van der Waals surface area contributed by atoms with E-state index in [1.807, 2.05) is 0 Å². The molecule has 0 saturated carbocycles. The van der Waals surface area contributed by atoms with E-state index in [0.29, 0.717) is 16.6 Å². The van der Waals surface area contributed by atoms with Gasteiger partial charge in [0.05, 0.1) is 5.52 Å². The van der Waals surface area contributed by atoms with Gasteiger partial charge in [0.15, 0.2) is 5.82 Å². The summed E-state index contributed by atoms with van der Waals surface area (Å²) in [4.78, 5) is 11.1. The van der Waals surface area contributed by atoms with Crippen LogP contribution in [-0.2, 0) is 11.2 Å². The number of nitrogens with zero attached hydrogens (tertiary/aromatic N) is 1. The van der Waals surface area contributed by atoms with E-state index >= 15 is 0 Å². The predicted octanol–water partition coefficient (Wildman–Crippen LogP) is 3.93. The second-order valence-corrected chi connectivity index (χ2v) is 5.36. The first-order chi connectivity index (χ1) is 11.7. The summed E-state index contributed by atoms with van der Waals surface area (Å²) in [5.41, 5.74) is 1.36. The highest BCUT2D eigenvalue weighted by Crippen LogP contribution is 2.25. The fourth-order valence-electron chi connectivity index (χ4n) is 2.39. The predicted molar refractivity (Wildman–Crippen MR) is 79.9 cm³/mol. The molecule has 0 aliphatic carbocycles. The number of alkyl halides is 3. The number of benzene rings is 2. The number of nitrogens with one attached hydrogen (secondary N) is 2. The van der Waals surface area contributed by atoms with Crippen LogP contribution < -0.4 is 5.32 Å². The van der Waals surface area contributed by atoms with Gasteiger partial charge in [-0.3, -0.25) is 9.89 Å². The van der Waals surface area contributed by atoms with Crippen molar-refractivity contribution < 1.29 is 26.7 Å². The molecule has 3 rings (SSSR count). The van der Waals surface area contributed by atoms with Gasteiger partial charge in [0.25, 0.3) is 0 Å². The molecule has 0 spiro atoms. The highest BCUT2D eigenvalue weighted by molar-refractivity contribution is 6.01. The molecule has 0 fully saturated rings. The maximum absolute atomic E-state index is 13.2. The Balaban J connectivity index is 1.91. The molecular weight excluding hydrogens is 345 g/mol. The van der Waals surface area contributed by atoms with Crippen LogP contribution in [0.4, 0.5) is 27.8 Å². The number of aromatic amines is 1. The summed E-state index contributed by atoms with van der Waals surface area (Å²) >= 11 is 0. The van der Waals surface area contributed by atoms with Gasteiger partial charge >= 0.3 is 12.1 Å². The molecule has 25 heavy (non-hydrogen) atoms. The van der Waals surface area contributed by atoms with Crippen molar-refractivity contribution in [2.45, 2.75) is 12.6 Å². The molecule has 0 atom stereocenters. The zero-order valence-electron chi connectivity index (χ0n) is 12.4. The van der Waals surface area contributed by atoms with Gasteiger partial charge in [0.2, 0.25) is 0 Å². The average Bonchev–Trinajstić information content (AvgIpc) is 2.88. The number of carbonyl (C=O) groups is 1. The lowest BCUT2D eigenvalue weighted by atomic mass is 10.0. The minimum atomic E-state index is -5.04. The quantitative estimate of drug-likeness (QED) is 0.700. The molecule has 1 amide bonds. The number of aromatic nitrogens is 2. The van der Waals surface area contributed by atoms with Crippen molar-refractivity contribution in [3.05, 3.63) is 59.2 Å². The molecule has 0 unspecified atom stereocenters. The van der Waals surface area contributed by atoms with Gasteiger partial charge < -0.3 is 5.32 Å². The maximum atomic E-state index is 13.2. The molecule has 4 nitrogen and oxygen atoms in total. The van der Waals surface area contributed by atoms with Crippen LogP contribution in [0.3, 0.4) is 0 Å². The zero-order chi connectivity index (χ0) is 18.2. The number of hydrogen-bond donors (Lipinski definition) is 2. The van der Waals surface area contributed by atoms with E-state index in [0.717, 1.165) is 18.2 Å². The number of amides is 1. The SMILES string of the molecule is O=C(Nc1n[nH]c2ccc(Cc3cc(F)cc(F)c3)cc12)C(F)(F)F. The minimum absolute atomic E-state index is 0.155. The second kappa shape index (κ2) is 6.15. The lowest BCUT2D eigenvalue weighted by molar-refractivity contribution is -0.167. The average molecular weight is 355 g/mol. The summed E-state index contributed by atoms with van der Waals surface area (Å²) in [5.74, 6) is -3.86. The third kappa shape index (κ3) is 3.76. The molecular formula is C16H10F5N3O. The van der Waals surface area contributed by atoms with Crippen LogP contribution in [0.5, 0.6) is 0 Å². The molecule has 0 radical (unpaired) electrons. The number of carbonyl (C=O) groups excluding carboxylic acids is 1. The summed E-state index contributed by atoms with van der Waals surface area (Å²) in [6.07, 6.45) is -4.88. The fourth-order valence-corrected chi connectivity index (χ4v) is 2.39. The topological polar surface area (TPSA) is 57.8 Å². The van der Waals surface area contributed by atoms with Crippen molar-refractivity contribution in [3.8, 4) is 0 Å². The largest absolute Gasteiger partial charge is 0.471 e. The smallest absolute Gasteiger partial charge is 0.301 e. The van der Waals surface area contributed by atoms with E-state index in [4.69, 9.17) is 0 Å². The van der Waals surface area contributed by atoms with Crippen LogP contribution in [0.25, 0.3) is 10.9 Å². The first-order valence-corrected chi connectivity index (χ1v) is 7.02. The summed E-state index contributed by atoms with van der Waals surface area (Å²) < 4.78 is 63.6. The third-order valence-electron chi connectivity index (χ3n) is 3.45. The Kier molecular flexibility index (Phi) is 4.15. The number of fused-ring (bicyclic) bond motifs is 1. The summed E-state index contributed by atoms with van der Waals surface area (Å²) in [6, 6.07) is 7.75. The lowest BCUT2D eigenvalue weighted by Crippen LogP contribution is -2.30. The van der Waals surface area contributed by atoms with Crippen molar-refractivity contribution >= 4 is 22.6 Å². The van der Waals surface area contributed by atoms with Gasteiger partial charge in [-0.25, -0.2) is 8.78 Å². The number of hydrogen-bond acceptors (Lipinski definition) is 2. The van der Waals surface area contributed by atoms with Crippen LogP contribution in [-0.4, -0.2) is 22.3 Å². The Hall–Kier alpha value is -2.97. The van der Waals surface area contributed by atoms with E-state index in [1.54, 1.807) is 17.4 Å². The lowest BCUT2D eigenvalue weighted by Gasteiger charge is -2.06. The first-order valence-electron chi connectivity index (χ1n) is 7.02. The molecule has 1 aromatic heterocycles. The van der Waals surface area contributed by atoms with Crippen molar-refractivity contribution in [1.82, 2.24) is 10.2 Å². The number of halogens is 5. The molecule has 0 saturated heterocycles. The highest BCUT2D eigenvalue weighted by atomic mass is 19.4. The van der Waals surface area contributed by atoms with Crippen molar-refractivity contribution in [2.75, 3.05) is 5.32 Å². The monoisotopic (exact) mass is 355 g/mol. The molecule has 130 valence electrons. The van der Waals surface area contributed by atoms with E-state index < -0.39 is 23.7 Å². The van der Waals surface area contributed by atoms with Gasteiger partial charge in [0.1, 0.15) is 11.6 Å². The van der Waals surface area contributed by atoms with Gasteiger partial charge in [-0.1, -0.05) is 6.07 Å². The van der Waals surface area contributed by atoms with E-state index in [-0.39, 0.29) is 17.6 Å². The van der Waals surface area contributed by atoms with Crippen LogP contribution >= 0.6 is 0 Å². The van der Waals surface area contributed by atoms with Gasteiger partial charge in [-0.15, -0.1) is 0 Å².